The molecule has 0 aromatic heterocycles. The Morgan fingerprint density at radius 1 is 1.08 bits per heavy atom. The molecule has 24 heavy (non-hydrogen) atoms. The van der Waals surface area contributed by atoms with E-state index in [1.165, 1.54) is 0 Å². The van der Waals surface area contributed by atoms with E-state index in [-0.39, 0.29) is 18.6 Å². The Hall–Kier alpha value is -1.36. The number of rotatable bonds is 10. The molecule has 0 heterocycles. The van der Waals surface area contributed by atoms with E-state index in [1.54, 1.807) is 0 Å². The molecule has 0 aromatic carbocycles. The van der Waals surface area contributed by atoms with Gasteiger partial charge in [-0.3, -0.25) is 0 Å². The molecule has 0 bridgehead atoms. The zero-order valence-corrected chi connectivity index (χ0v) is 16.0. The van der Waals surface area contributed by atoms with Gasteiger partial charge in [0.05, 0.1) is 18.6 Å². The van der Waals surface area contributed by atoms with Crippen molar-refractivity contribution < 1.29 is 35.9 Å². The lowest BCUT2D eigenvalue weighted by Gasteiger charge is -2.21. The van der Waals surface area contributed by atoms with Crippen LogP contribution in [0.4, 0.5) is 4.79 Å². The van der Waals surface area contributed by atoms with Crippen molar-refractivity contribution in [1.29, 1.82) is 0 Å². The van der Waals surface area contributed by atoms with Crippen LogP contribution < -0.4 is 0 Å². The predicted molar refractivity (Wildman–Crippen MR) is 87.7 cm³/mol. The highest BCUT2D eigenvalue weighted by atomic mass is 32.2. The molecule has 142 valence electrons. The Bertz CT molecular complexity index is 626. The smallest absolute Gasteiger partial charge is 0.424 e. The Balaban J connectivity index is 4.83. The summed E-state index contributed by atoms with van der Waals surface area (Å²) in [5, 5.41) is 0. The van der Waals surface area contributed by atoms with Crippen LogP contribution in [0, 0.1) is 0 Å². The van der Waals surface area contributed by atoms with Gasteiger partial charge < -0.3 is 9.47 Å². The molecular weight excluding hydrogens is 362 g/mol. The van der Waals surface area contributed by atoms with E-state index in [1.807, 2.05) is 6.92 Å². The second-order valence-corrected chi connectivity index (χ2v) is 9.68. The second kappa shape index (κ2) is 9.82. The van der Waals surface area contributed by atoms with E-state index in [0.717, 1.165) is 26.8 Å². The van der Waals surface area contributed by atoms with Crippen LogP contribution in [0.2, 0.25) is 0 Å². The maximum absolute atomic E-state index is 12.0. The van der Waals surface area contributed by atoms with Gasteiger partial charge in [0.25, 0.3) is 0 Å². The van der Waals surface area contributed by atoms with Crippen molar-refractivity contribution in [1.82, 2.24) is 4.31 Å². The third kappa shape index (κ3) is 8.48. The summed E-state index contributed by atoms with van der Waals surface area (Å²) < 4.78 is 55.9. The van der Waals surface area contributed by atoms with Crippen LogP contribution in [0.5, 0.6) is 0 Å². The number of esters is 1. The van der Waals surface area contributed by atoms with Gasteiger partial charge in [-0.05, 0) is 19.3 Å². The minimum absolute atomic E-state index is 0.144. The van der Waals surface area contributed by atoms with Gasteiger partial charge in [0.15, 0.2) is 0 Å². The Morgan fingerprint density at radius 2 is 1.67 bits per heavy atom. The first-order chi connectivity index (χ1) is 10.9. The molecule has 0 spiro atoms. The minimum Gasteiger partial charge on any atom is -0.466 e. The number of unbranched alkanes of at least 4 members (excludes halogenated alkanes) is 1. The summed E-state index contributed by atoms with van der Waals surface area (Å²) in [6.07, 6.45) is 0.0257. The Kier molecular flexibility index (Phi) is 9.26. The molecule has 0 saturated carbocycles. The van der Waals surface area contributed by atoms with Gasteiger partial charge in [-0.1, -0.05) is 13.3 Å². The van der Waals surface area contributed by atoms with Crippen LogP contribution in [0.1, 0.15) is 32.6 Å². The van der Waals surface area contributed by atoms with E-state index in [9.17, 15) is 26.4 Å². The van der Waals surface area contributed by atoms with Crippen LogP contribution in [0.25, 0.3) is 0 Å². The summed E-state index contributed by atoms with van der Waals surface area (Å²) in [6, 6.07) is 0. The van der Waals surface area contributed by atoms with Crippen LogP contribution in [0.15, 0.2) is 0 Å². The topological polar surface area (TPSA) is 124 Å². The number of methoxy groups -OCH3 is 1. The molecule has 0 aliphatic carbocycles. The fraction of sp³-hybridized carbons (Fsp3) is 0.846. The zero-order valence-electron chi connectivity index (χ0n) is 14.3. The van der Waals surface area contributed by atoms with Crippen LogP contribution in [-0.4, -0.2) is 71.2 Å². The summed E-state index contributed by atoms with van der Waals surface area (Å²) in [5.74, 6) is -1.60. The first-order valence-electron chi connectivity index (χ1n) is 7.37. The highest BCUT2D eigenvalue weighted by molar-refractivity contribution is 7.91. The van der Waals surface area contributed by atoms with Crippen molar-refractivity contribution in [3.63, 3.8) is 0 Å². The van der Waals surface area contributed by atoms with E-state index < -0.39 is 43.8 Å². The zero-order chi connectivity index (χ0) is 19.0. The normalized spacial score (nSPS) is 13.2. The lowest BCUT2D eigenvalue weighted by Crippen LogP contribution is -2.39. The highest BCUT2D eigenvalue weighted by Gasteiger charge is 2.30. The molecular formula is C13H25NO8S2. The van der Waals surface area contributed by atoms with Crippen LogP contribution in [-0.2, 0) is 34.1 Å². The number of hydrogen-bond acceptors (Lipinski definition) is 8. The van der Waals surface area contributed by atoms with Gasteiger partial charge in [0.1, 0.15) is 9.84 Å². The lowest BCUT2D eigenvalue weighted by molar-refractivity contribution is -0.151. The maximum atomic E-state index is 12.0. The molecule has 11 heteroatoms. The Labute approximate surface area is 143 Å². The van der Waals surface area contributed by atoms with E-state index in [0.29, 0.717) is 10.7 Å². The molecule has 1 atom stereocenters. The fourth-order valence-corrected chi connectivity index (χ4v) is 3.60. The average molecular weight is 387 g/mol. The summed E-state index contributed by atoms with van der Waals surface area (Å²) in [4.78, 5) is 23.5. The van der Waals surface area contributed by atoms with Crippen molar-refractivity contribution in [2.24, 2.45) is 0 Å². The summed E-state index contributed by atoms with van der Waals surface area (Å²) in [7, 11) is -5.20. The van der Waals surface area contributed by atoms with Crippen LogP contribution >= 0.6 is 0 Å². The molecule has 0 aliphatic rings. The molecule has 0 aliphatic heterocycles. The van der Waals surface area contributed by atoms with Gasteiger partial charge in [-0.2, -0.15) is 0 Å². The van der Waals surface area contributed by atoms with Gasteiger partial charge in [0.2, 0.25) is 16.1 Å². The van der Waals surface area contributed by atoms with E-state index in [4.69, 9.17) is 4.74 Å². The third-order valence-corrected chi connectivity index (χ3v) is 5.94. The predicted octanol–water partition coefficient (Wildman–Crippen LogP) is 0.551. The number of sulfone groups is 1. The van der Waals surface area contributed by atoms with Crippen molar-refractivity contribution in [3.05, 3.63) is 0 Å². The molecule has 0 rings (SSSR count). The maximum Gasteiger partial charge on any atom is 0.424 e. The number of carbonyl (C=O) groups is 2. The molecule has 0 fully saturated rings. The first-order valence-corrected chi connectivity index (χ1v) is 11.0. The van der Waals surface area contributed by atoms with Gasteiger partial charge in [-0.15, -0.1) is 0 Å². The quantitative estimate of drug-likeness (QED) is 0.498. The second-order valence-electron chi connectivity index (χ2n) is 5.30. The van der Waals surface area contributed by atoms with Crippen molar-refractivity contribution in [2.45, 2.75) is 38.7 Å². The van der Waals surface area contributed by atoms with E-state index >= 15 is 0 Å². The number of carbonyl (C=O) groups excluding carboxylic acids is 2. The van der Waals surface area contributed by atoms with Gasteiger partial charge in [-0.25, -0.2) is 30.7 Å². The monoisotopic (exact) mass is 387 g/mol. The van der Waals surface area contributed by atoms with Crippen molar-refractivity contribution in [2.75, 3.05) is 31.9 Å². The van der Waals surface area contributed by atoms with Gasteiger partial charge >= 0.3 is 12.1 Å². The average Bonchev–Trinajstić information content (AvgIpc) is 2.47. The van der Waals surface area contributed by atoms with Crippen molar-refractivity contribution in [3.8, 4) is 0 Å². The molecule has 0 N–H and O–H groups in total. The van der Waals surface area contributed by atoms with Crippen LogP contribution in [0.3, 0.4) is 0 Å². The standard InChI is InChI=1S/C13H25NO8S2/c1-5-6-8-11(12(15)21-3)22-13(16)14(2)24(19,20)10-7-9-23(4,17)18/h11H,5-10H2,1-4H3. The number of hydrogen-bond donors (Lipinski definition) is 0. The Morgan fingerprint density at radius 3 is 2.12 bits per heavy atom. The first kappa shape index (κ1) is 22.6. The highest BCUT2D eigenvalue weighted by Crippen LogP contribution is 2.11. The number of nitrogens with zero attached hydrogens (tertiary/aromatic N) is 1. The molecule has 0 radical (unpaired) electrons. The number of amides is 1. The number of sulfonamides is 1. The molecule has 1 amide bonds. The van der Waals surface area contributed by atoms with Gasteiger partial charge in [0, 0.05) is 13.3 Å². The lowest BCUT2D eigenvalue weighted by atomic mass is 10.1. The molecule has 0 saturated heterocycles. The summed E-state index contributed by atoms with van der Waals surface area (Å²) in [5.41, 5.74) is 0. The molecule has 1 unspecified atom stereocenters. The number of ether oxygens (including phenoxy) is 2. The fourth-order valence-electron chi connectivity index (χ4n) is 1.70. The molecule has 9 nitrogen and oxygen atoms in total. The third-order valence-electron chi connectivity index (χ3n) is 3.12. The summed E-state index contributed by atoms with van der Waals surface area (Å²) in [6.45, 7) is 1.88. The minimum atomic E-state index is -4.04. The van der Waals surface area contributed by atoms with E-state index in [2.05, 4.69) is 4.74 Å². The summed E-state index contributed by atoms with van der Waals surface area (Å²) >= 11 is 0. The van der Waals surface area contributed by atoms with Crippen molar-refractivity contribution >= 4 is 31.9 Å². The molecule has 0 aromatic rings. The SMILES string of the molecule is CCCCC(OC(=O)N(C)S(=O)(=O)CCCS(C)(=O)=O)C(=O)OC. The largest absolute Gasteiger partial charge is 0.466 e.